The van der Waals surface area contributed by atoms with Crippen molar-refractivity contribution in [3.8, 4) is 0 Å². The Bertz CT molecular complexity index is 294. The lowest BCUT2D eigenvalue weighted by atomic mass is 9.98. The number of rotatable bonds is 4. The highest BCUT2D eigenvalue weighted by atomic mass is 31.2. The predicted molar refractivity (Wildman–Crippen MR) is 69.8 cm³/mol. The van der Waals surface area contributed by atoms with Crippen molar-refractivity contribution in [3.63, 3.8) is 0 Å². The summed E-state index contributed by atoms with van der Waals surface area (Å²) in [6.45, 7) is 0. The van der Waals surface area contributed by atoms with E-state index in [4.69, 9.17) is 9.05 Å². The lowest BCUT2D eigenvalue weighted by Gasteiger charge is -2.27. The van der Waals surface area contributed by atoms with Crippen molar-refractivity contribution in [2.24, 2.45) is 23.7 Å². The average molecular weight is 270 g/mol. The number of fused-ring (bicyclic) bond motifs is 4. The van der Waals surface area contributed by atoms with Crippen LogP contribution in [0.5, 0.6) is 0 Å². The summed E-state index contributed by atoms with van der Waals surface area (Å²) in [4.78, 5) is 10.0. The maximum Gasteiger partial charge on any atom is 0.330 e. The minimum Gasteiger partial charge on any atom is -0.328 e. The lowest BCUT2D eigenvalue weighted by molar-refractivity contribution is 0.0633. The molecule has 0 saturated heterocycles. The molecule has 0 heterocycles. The van der Waals surface area contributed by atoms with Crippen LogP contribution in [0.3, 0.4) is 0 Å². The molecule has 0 aromatic carbocycles. The largest absolute Gasteiger partial charge is 0.330 e. The van der Waals surface area contributed by atoms with Crippen LogP contribution in [0.4, 0.5) is 0 Å². The van der Waals surface area contributed by atoms with Gasteiger partial charge in [-0.1, -0.05) is 0 Å². The Balaban J connectivity index is 1.28. The molecule has 4 saturated carbocycles. The van der Waals surface area contributed by atoms with E-state index in [1.165, 1.54) is 38.5 Å². The maximum atomic E-state index is 10.0. The molecule has 6 atom stereocenters. The van der Waals surface area contributed by atoms with Gasteiger partial charge in [-0.15, -0.1) is 0 Å². The highest BCUT2D eigenvalue weighted by Crippen LogP contribution is 2.54. The van der Waals surface area contributed by atoms with Crippen molar-refractivity contribution in [2.75, 3.05) is 0 Å². The second kappa shape index (κ2) is 4.70. The molecule has 4 bridgehead atoms. The quantitative estimate of drug-likeness (QED) is 0.793. The third-order valence-electron chi connectivity index (χ3n) is 5.80. The first kappa shape index (κ1) is 12.1. The molecular weight excluding hydrogens is 247 g/mol. The molecule has 0 aliphatic heterocycles. The smallest absolute Gasteiger partial charge is 0.328 e. The molecule has 102 valence electrons. The van der Waals surface area contributed by atoms with Crippen molar-refractivity contribution in [1.82, 2.24) is 0 Å². The van der Waals surface area contributed by atoms with E-state index in [-0.39, 0.29) is 0 Å². The summed E-state index contributed by atoms with van der Waals surface area (Å²) >= 11 is 0. The first-order valence-electron chi connectivity index (χ1n) is 7.60. The molecule has 4 heteroatoms. The molecule has 6 unspecified atom stereocenters. The summed E-state index contributed by atoms with van der Waals surface area (Å²) < 4.78 is 11.6. The first-order valence-corrected chi connectivity index (χ1v) is 8.73. The molecule has 4 aliphatic rings. The van der Waals surface area contributed by atoms with Crippen LogP contribution in [0, 0.1) is 23.7 Å². The second-order valence-electron chi connectivity index (χ2n) is 6.88. The minimum absolute atomic E-state index is 0.290. The normalized spacial score (nSPS) is 51.2. The molecule has 18 heavy (non-hydrogen) atoms. The van der Waals surface area contributed by atoms with Gasteiger partial charge in [-0.25, -0.2) is 0 Å². The third-order valence-corrected chi connectivity index (χ3v) is 6.70. The van der Waals surface area contributed by atoms with Gasteiger partial charge in [-0.2, -0.15) is 0 Å². The maximum absolute atomic E-state index is 10.0. The van der Waals surface area contributed by atoms with E-state index in [2.05, 4.69) is 0 Å². The highest BCUT2D eigenvalue weighted by molar-refractivity contribution is 7.40. The molecule has 4 aliphatic carbocycles. The number of hydrogen-bond acceptors (Lipinski definition) is 3. The van der Waals surface area contributed by atoms with Crippen LogP contribution in [0.2, 0.25) is 0 Å². The van der Waals surface area contributed by atoms with Crippen molar-refractivity contribution in [3.05, 3.63) is 0 Å². The zero-order valence-electron chi connectivity index (χ0n) is 10.8. The van der Waals surface area contributed by atoms with E-state index in [0.717, 1.165) is 24.7 Å². The average Bonchev–Trinajstić information content (AvgIpc) is 3.08. The fourth-order valence-corrected chi connectivity index (χ4v) is 5.92. The lowest BCUT2D eigenvalue weighted by Crippen LogP contribution is -2.22. The molecule has 0 aromatic rings. The molecule has 0 aromatic heterocycles. The SMILES string of the molecule is OP(OC1CC2CCC1C2)OC1CC2CCC1C2. The van der Waals surface area contributed by atoms with Crippen LogP contribution in [0.25, 0.3) is 0 Å². The van der Waals surface area contributed by atoms with Gasteiger partial charge < -0.3 is 13.9 Å². The van der Waals surface area contributed by atoms with E-state index in [0.29, 0.717) is 24.0 Å². The summed E-state index contributed by atoms with van der Waals surface area (Å²) in [5.74, 6) is 3.14. The van der Waals surface area contributed by atoms with Crippen LogP contribution < -0.4 is 0 Å². The first-order chi connectivity index (χ1) is 8.78. The Morgan fingerprint density at radius 3 is 1.56 bits per heavy atom. The monoisotopic (exact) mass is 270 g/mol. The Morgan fingerprint density at radius 1 is 0.722 bits per heavy atom. The van der Waals surface area contributed by atoms with Crippen LogP contribution in [-0.2, 0) is 9.05 Å². The van der Waals surface area contributed by atoms with Gasteiger partial charge in [0.2, 0.25) is 0 Å². The standard InChI is InChI=1S/C14H23O3P/c15-18(16-13-7-9-1-3-11(13)5-9)17-14-8-10-2-4-12(14)6-10/h9-15H,1-8H2. The van der Waals surface area contributed by atoms with Crippen LogP contribution >= 0.6 is 8.60 Å². The van der Waals surface area contributed by atoms with E-state index < -0.39 is 8.60 Å². The van der Waals surface area contributed by atoms with Gasteiger partial charge in [0.1, 0.15) is 0 Å². The molecular formula is C14H23O3P. The van der Waals surface area contributed by atoms with E-state index in [1.54, 1.807) is 0 Å². The summed E-state index contributed by atoms with van der Waals surface area (Å²) in [5.41, 5.74) is 0. The summed E-state index contributed by atoms with van der Waals surface area (Å²) in [5, 5.41) is 0. The fraction of sp³-hybridized carbons (Fsp3) is 1.00. The molecule has 1 N–H and O–H groups in total. The van der Waals surface area contributed by atoms with Gasteiger partial charge in [-0.3, -0.25) is 0 Å². The van der Waals surface area contributed by atoms with Gasteiger partial charge in [0.15, 0.2) is 0 Å². The molecule has 4 fully saturated rings. The Labute approximate surface area is 110 Å². The molecule has 0 spiro atoms. The van der Waals surface area contributed by atoms with Crippen molar-refractivity contribution in [2.45, 2.75) is 63.6 Å². The topological polar surface area (TPSA) is 38.7 Å². The Hall–Kier alpha value is 0.310. The molecule has 0 radical (unpaired) electrons. The second-order valence-corrected chi connectivity index (χ2v) is 7.77. The molecule has 4 rings (SSSR count). The Morgan fingerprint density at radius 2 is 1.22 bits per heavy atom. The van der Waals surface area contributed by atoms with Crippen molar-refractivity contribution in [1.29, 1.82) is 0 Å². The van der Waals surface area contributed by atoms with Crippen molar-refractivity contribution < 1.29 is 13.9 Å². The van der Waals surface area contributed by atoms with Crippen LogP contribution in [0.1, 0.15) is 51.4 Å². The van der Waals surface area contributed by atoms with Crippen molar-refractivity contribution >= 4 is 8.60 Å². The minimum atomic E-state index is -1.63. The summed E-state index contributed by atoms with van der Waals surface area (Å²) in [6, 6.07) is 0. The zero-order chi connectivity index (χ0) is 12.1. The van der Waals surface area contributed by atoms with Crippen LogP contribution in [0.15, 0.2) is 0 Å². The van der Waals surface area contributed by atoms with Gasteiger partial charge in [0.05, 0.1) is 12.2 Å². The van der Waals surface area contributed by atoms with Gasteiger partial charge in [0.25, 0.3) is 0 Å². The third kappa shape index (κ3) is 2.14. The van der Waals surface area contributed by atoms with E-state index in [1.807, 2.05) is 0 Å². The zero-order valence-corrected chi connectivity index (χ0v) is 11.7. The molecule has 0 amide bonds. The van der Waals surface area contributed by atoms with Gasteiger partial charge in [-0.05, 0) is 75.0 Å². The van der Waals surface area contributed by atoms with Gasteiger partial charge in [0, 0.05) is 0 Å². The fourth-order valence-electron chi connectivity index (χ4n) is 4.89. The number of hydrogen-bond donors (Lipinski definition) is 1. The summed E-state index contributed by atoms with van der Waals surface area (Å²) in [7, 11) is -1.63. The van der Waals surface area contributed by atoms with Crippen LogP contribution in [-0.4, -0.2) is 17.1 Å². The van der Waals surface area contributed by atoms with Gasteiger partial charge >= 0.3 is 8.60 Å². The van der Waals surface area contributed by atoms with E-state index in [9.17, 15) is 4.89 Å². The van der Waals surface area contributed by atoms with E-state index >= 15 is 0 Å². The molecule has 3 nitrogen and oxygen atoms in total. The predicted octanol–water partition coefficient (Wildman–Crippen LogP) is 3.62. The summed E-state index contributed by atoms with van der Waals surface area (Å²) in [6.07, 6.45) is 10.9. The highest BCUT2D eigenvalue weighted by Gasteiger charge is 2.44. The Kier molecular flexibility index (Phi) is 3.15.